The van der Waals surface area contributed by atoms with Crippen molar-refractivity contribution in [2.75, 3.05) is 0 Å². The van der Waals surface area contributed by atoms with Crippen molar-refractivity contribution in [2.24, 2.45) is 5.41 Å². The second-order valence-electron chi connectivity index (χ2n) is 10.5. The summed E-state index contributed by atoms with van der Waals surface area (Å²) in [5, 5.41) is 17.1. The summed E-state index contributed by atoms with van der Waals surface area (Å²) in [7, 11) is 0. The van der Waals surface area contributed by atoms with E-state index in [-0.39, 0.29) is 11.3 Å². The van der Waals surface area contributed by atoms with Crippen LogP contribution in [-0.4, -0.2) is 17.1 Å². The zero-order chi connectivity index (χ0) is 25.9. The minimum absolute atomic E-state index is 0.197. The Morgan fingerprint density at radius 3 is 2.19 bits per heavy atom. The molecule has 4 aromatic rings. The first-order chi connectivity index (χ1) is 17.1. The van der Waals surface area contributed by atoms with Crippen LogP contribution in [0.25, 0.3) is 10.8 Å². The van der Waals surface area contributed by atoms with Gasteiger partial charge in [-0.2, -0.15) is 0 Å². The molecule has 4 rings (SSSR count). The number of halogens is 2. The second-order valence-corrected chi connectivity index (χ2v) is 11.3. The molecule has 0 fully saturated rings. The smallest absolute Gasteiger partial charge is 0.252 e. The van der Waals surface area contributed by atoms with Crippen LogP contribution < -0.4 is 5.32 Å². The Morgan fingerprint density at radius 2 is 1.50 bits per heavy atom. The molecule has 0 aliphatic carbocycles. The molecule has 0 heterocycles. The molecule has 3 nitrogen and oxygen atoms in total. The van der Waals surface area contributed by atoms with Gasteiger partial charge in [0.1, 0.15) is 0 Å². The largest absolute Gasteiger partial charge is 0.386 e. The first kappa shape index (κ1) is 26.2. The molecule has 0 spiro atoms. The van der Waals surface area contributed by atoms with E-state index in [0.717, 1.165) is 22.8 Å². The summed E-state index contributed by atoms with van der Waals surface area (Å²) in [6.07, 6.45) is 0.489. The number of nitrogens with one attached hydrogen (secondary N) is 1. The molecule has 0 saturated carbocycles. The molecule has 36 heavy (non-hydrogen) atoms. The van der Waals surface area contributed by atoms with E-state index < -0.39 is 12.1 Å². The zero-order valence-electron chi connectivity index (χ0n) is 20.8. The number of rotatable bonds is 7. The first-order valence-corrected chi connectivity index (χ1v) is 12.9. The molecule has 2 N–H and O–H groups in total. The van der Waals surface area contributed by atoms with Gasteiger partial charge in [-0.1, -0.05) is 105 Å². The van der Waals surface area contributed by atoms with Gasteiger partial charge in [0.2, 0.25) is 0 Å². The molecular weight excluding hydrogens is 489 g/mol. The number of hydrogen-bond donors (Lipinski definition) is 2. The third-order valence-electron chi connectivity index (χ3n) is 6.21. The van der Waals surface area contributed by atoms with Gasteiger partial charge >= 0.3 is 0 Å². The molecule has 186 valence electrons. The Labute approximate surface area is 223 Å². The van der Waals surface area contributed by atoms with E-state index in [9.17, 15) is 9.90 Å². The SMILES string of the molecule is CC(C)(C)Cc1ccc(CC(NC(=O)c2cccc3c(Cl)cccc23)C(O)c2cccc(Cl)c2)cc1. The van der Waals surface area contributed by atoms with Crippen molar-refractivity contribution in [2.45, 2.75) is 45.8 Å². The third-order valence-corrected chi connectivity index (χ3v) is 6.78. The van der Waals surface area contributed by atoms with Crippen LogP contribution in [0.1, 0.15) is 53.9 Å². The Balaban J connectivity index is 1.63. The summed E-state index contributed by atoms with van der Waals surface area (Å²) in [5.74, 6) is -0.265. The zero-order valence-corrected chi connectivity index (χ0v) is 22.3. The molecule has 1 amide bonds. The number of hydrogen-bond acceptors (Lipinski definition) is 2. The predicted molar refractivity (Wildman–Crippen MR) is 150 cm³/mol. The van der Waals surface area contributed by atoms with Crippen LogP contribution in [0.5, 0.6) is 0 Å². The van der Waals surface area contributed by atoms with Gasteiger partial charge in [0.15, 0.2) is 0 Å². The molecule has 2 atom stereocenters. The van der Waals surface area contributed by atoms with Gasteiger partial charge in [-0.05, 0) is 64.6 Å². The van der Waals surface area contributed by atoms with E-state index in [1.165, 1.54) is 5.56 Å². The summed E-state index contributed by atoms with van der Waals surface area (Å²) in [6.45, 7) is 6.65. The topological polar surface area (TPSA) is 49.3 Å². The number of carbonyl (C=O) groups is 1. The average Bonchev–Trinajstić information content (AvgIpc) is 2.83. The van der Waals surface area contributed by atoms with Crippen LogP contribution in [-0.2, 0) is 12.8 Å². The fourth-order valence-corrected chi connectivity index (χ4v) is 4.98. The number of aliphatic hydroxyl groups is 1. The minimum Gasteiger partial charge on any atom is -0.386 e. The number of aliphatic hydroxyl groups excluding tert-OH is 1. The van der Waals surface area contributed by atoms with Crippen molar-refractivity contribution in [3.63, 3.8) is 0 Å². The normalized spacial score (nSPS) is 13.4. The van der Waals surface area contributed by atoms with E-state index >= 15 is 0 Å². The van der Waals surface area contributed by atoms with Crippen molar-refractivity contribution in [1.29, 1.82) is 0 Å². The molecule has 0 aromatic heterocycles. The maximum Gasteiger partial charge on any atom is 0.252 e. The number of carbonyl (C=O) groups excluding carboxylic acids is 1. The summed E-state index contributed by atoms with van der Waals surface area (Å²) in [5.41, 5.74) is 3.65. The van der Waals surface area contributed by atoms with E-state index in [0.29, 0.717) is 27.6 Å². The maximum atomic E-state index is 13.5. The van der Waals surface area contributed by atoms with Crippen LogP contribution in [0.4, 0.5) is 0 Å². The fraction of sp³-hybridized carbons (Fsp3) is 0.258. The monoisotopic (exact) mass is 519 g/mol. The third kappa shape index (κ3) is 6.47. The highest BCUT2D eigenvalue weighted by Gasteiger charge is 2.25. The molecule has 0 saturated heterocycles. The van der Waals surface area contributed by atoms with Crippen molar-refractivity contribution in [1.82, 2.24) is 5.32 Å². The van der Waals surface area contributed by atoms with Crippen LogP contribution in [0.3, 0.4) is 0 Å². The van der Waals surface area contributed by atoms with Crippen molar-refractivity contribution >= 4 is 39.9 Å². The quantitative estimate of drug-likeness (QED) is 0.261. The van der Waals surface area contributed by atoms with E-state index in [4.69, 9.17) is 23.2 Å². The van der Waals surface area contributed by atoms with E-state index in [1.807, 2.05) is 30.3 Å². The number of fused-ring (bicyclic) bond motifs is 1. The molecule has 2 unspecified atom stereocenters. The first-order valence-electron chi connectivity index (χ1n) is 12.1. The predicted octanol–water partition coefficient (Wildman–Crippen LogP) is 7.81. The molecule has 4 aromatic carbocycles. The van der Waals surface area contributed by atoms with Crippen molar-refractivity contribution in [3.05, 3.63) is 117 Å². The van der Waals surface area contributed by atoms with Crippen molar-refractivity contribution < 1.29 is 9.90 Å². The van der Waals surface area contributed by atoms with Crippen LogP contribution in [0, 0.1) is 5.41 Å². The highest BCUT2D eigenvalue weighted by Crippen LogP contribution is 2.28. The number of amides is 1. The van der Waals surface area contributed by atoms with Gasteiger partial charge in [-0.15, -0.1) is 0 Å². The van der Waals surface area contributed by atoms with Crippen molar-refractivity contribution in [3.8, 4) is 0 Å². The summed E-state index contributed by atoms with van der Waals surface area (Å²) in [6, 6.07) is 25.9. The van der Waals surface area contributed by atoms with Gasteiger partial charge in [-0.3, -0.25) is 4.79 Å². The Bertz CT molecular complexity index is 1360. The van der Waals surface area contributed by atoms with Crippen LogP contribution in [0.2, 0.25) is 10.0 Å². The lowest BCUT2D eigenvalue weighted by Crippen LogP contribution is -2.41. The summed E-state index contributed by atoms with van der Waals surface area (Å²) in [4.78, 5) is 13.5. The average molecular weight is 521 g/mol. The summed E-state index contributed by atoms with van der Waals surface area (Å²) >= 11 is 12.6. The van der Waals surface area contributed by atoms with Crippen LogP contribution >= 0.6 is 23.2 Å². The minimum atomic E-state index is -0.944. The Morgan fingerprint density at radius 1 is 0.861 bits per heavy atom. The molecule has 5 heteroatoms. The maximum absolute atomic E-state index is 13.5. The van der Waals surface area contributed by atoms with Crippen LogP contribution in [0.15, 0.2) is 84.9 Å². The van der Waals surface area contributed by atoms with E-state index in [2.05, 4.69) is 50.4 Å². The van der Waals surface area contributed by atoms with Gasteiger partial charge < -0.3 is 10.4 Å². The van der Waals surface area contributed by atoms with Gasteiger partial charge in [0.05, 0.1) is 12.1 Å². The highest BCUT2D eigenvalue weighted by atomic mass is 35.5. The number of benzene rings is 4. The molecule has 0 aliphatic rings. The highest BCUT2D eigenvalue weighted by molar-refractivity contribution is 6.36. The Hall–Kier alpha value is -2.85. The van der Waals surface area contributed by atoms with E-state index in [1.54, 1.807) is 30.3 Å². The molecule has 0 bridgehead atoms. The molecule has 0 radical (unpaired) electrons. The standard InChI is InChI=1S/C31H31Cl2NO2/c1-31(2,3)19-21-15-13-20(14-16-21)17-28(29(35)22-7-4-8-23(32)18-22)34-30(36)26-11-5-10-25-24(26)9-6-12-27(25)33/h4-16,18,28-29,35H,17,19H2,1-3H3,(H,34,36). The lowest BCUT2D eigenvalue weighted by atomic mass is 9.87. The fourth-order valence-electron chi connectivity index (χ4n) is 4.54. The van der Waals surface area contributed by atoms with Gasteiger partial charge in [-0.25, -0.2) is 0 Å². The van der Waals surface area contributed by atoms with Gasteiger partial charge in [0, 0.05) is 21.0 Å². The van der Waals surface area contributed by atoms with Gasteiger partial charge in [0.25, 0.3) is 5.91 Å². The second kappa shape index (κ2) is 11.0. The summed E-state index contributed by atoms with van der Waals surface area (Å²) < 4.78 is 0. The molecular formula is C31H31Cl2NO2. The lowest BCUT2D eigenvalue weighted by Gasteiger charge is -2.25. The lowest BCUT2D eigenvalue weighted by molar-refractivity contribution is 0.0834. The molecule has 0 aliphatic heterocycles. The Kier molecular flexibility index (Phi) is 8.04.